The molecule has 0 aromatic carbocycles. The minimum absolute atomic E-state index is 0.691. The Morgan fingerprint density at radius 3 is 1.18 bits per heavy atom. The van der Waals surface area contributed by atoms with Crippen LogP contribution in [0.2, 0.25) is 0 Å². The van der Waals surface area contributed by atoms with Gasteiger partial charge in [0.15, 0.2) is 0 Å². The second kappa shape index (κ2) is 8.09. The van der Waals surface area contributed by atoms with E-state index in [4.69, 9.17) is 0 Å². The van der Waals surface area contributed by atoms with E-state index in [1.807, 2.05) is 0 Å². The number of hydrogen-bond acceptors (Lipinski definition) is 2. The Hall–Kier alpha value is -0.0100. The summed E-state index contributed by atoms with van der Waals surface area (Å²) < 4.78 is 48.4. The van der Waals surface area contributed by atoms with Crippen molar-refractivity contribution in [3.8, 4) is 0 Å². The molecule has 0 spiro atoms. The van der Waals surface area contributed by atoms with E-state index in [0.29, 0.717) is 13.2 Å². The van der Waals surface area contributed by atoms with E-state index in [0.717, 1.165) is 0 Å². The number of halogens is 4. The lowest BCUT2D eigenvalue weighted by Crippen LogP contribution is -1.96. The van der Waals surface area contributed by atoms with Crippen LogP contribution in [0.1, 0.15) is 0 Å². The van der Waals surface area contributed by atoms with Crippen molar-refractivity contribution in [2.24, 2.45) is 0 Å². The van der Waals surface area contributed by atoms with Crippen molar-refractivity contribution in [2.45, 2.75) is 0 Å². The molecule has 0 fully saturated rings. The second-order valence-corrected chi connectivity index (χ2v) is 2.04. The van der Waals surface area contributed by atoms with Crippen molar-refractivity contribution >= 4 is 11.6 Å². The third-order valence-electron chi connectivity index (χ3n) is 0.492. The van der Waals surface area contributed by atoms with Crippen LogP contribution >= 0.6 is 11.6 Å². The molecule has 0 atom stereocenters. The maximum atomic E-state index is 9.77. The fraction of sp³-hybridized carbons (Fsp3) is 1.00. The van der Waals surface area contributed by atoms with Crippen LogP contribution in [0.4, 0.5) is 15.5 Å². The standard InChI is InChI=1S/C4H10O2.F4S/c1-5-3-4-6-2;1-5(2,3)4/h3-4H2,1-2H3;. The fourth-order valence-electron chi connectivity index (χ4n) is 0.167. The highest BCUT2D eigenvalue weighted by molar-refractivity contribution is 8.16. The van der Waals surface area contributed by atoms with Gasteiger partial charge in [0.25, 0.3) is 0 Å². The predicted octanol–water partition coefficient (Wildman–Crippen LogP) is 2.61. The van der Waals surface area contributed by atoms with Crippen LogP contribution in [0.3, 0.4) is 0 Å². The molecule has 0 aromatic heterocycles. The van der Waals surface area contributed by atoms with Gasteiger partial charge in [0, 0.05) is 14.2 Å². The molecule has 0 saturated heterocycles. The van der Waals surface area contributed by atoms with Crippen LogP contribution in [-0.2, 0) is 9.47 Å². The molecular weight excluding hydrogens is 188 g/mol. The number of methoxy groups -OCH3 is 2. The molecule has 0 amide bonds. The zero-order chi connectivity index (χ0) is 9.33. The summed E-state index contributed by atoms with van der Waals surface area (Å²) in [6, 6.07) is 0. The molecular formula is C4H10F4O2S. The fourth-order valence-corrected chi connectivity index (χ4v) is 0.167. The van der Waals surface area contributed by atoms with Gasteiger partial charge in [0.2, 0.25) is 0 Å². The molecule has 0 aliphatic carbocycles. The first-order valence-corrected chi connectivity index (χ1v) is 3.75. The maximum Gasteiger partial charge on any atom is 0.379 e. The van der Waals surface area contributed by atoms with E-state index in [2.05, 4.69) is 9.47 Å². The van der Waals surface area contributed by atoms with Gasteiger partial charge in [-0.1, -0.05) is 15.5 Å². The number of rotatable bonds is 3. The lowest BCUT2D eigenvalue weighted by molar-refractivity contribution is 0.103. The van der Waals surface area contributed by atoms with Crippen LogP contribution in [0.25, 0.3) is 0 Å². The van der Waals surface area contributed by atoms with Gasteiger partial charge in [0.1, 0.15) is 0 Å². The monoisotopic (exact) mass is 198 g/mol. The third kappa shape index (κ3) is 71.3. The predicted molar refractivity (Wildman–Crippen MR) is 35.8 cm³/mol. The molecule has 11 heavy (non-hydrogen) atoms. The van der Waals surface area contributed by atoms with Crippen molar-refractivity contribution in [1.29, 1.82) is 0 Å². The minimum Gasteiger partial charge on any atom is -0.382 e. The van der Waals surface area contributed by atoms with Crippen LogP contribution in [-0.4, -0.2) is 27.4 Å². The largest absolute Gasteiger partial charge is 0.382 e. The SMILES string of the molecule is COCCOC.FS(F)(F)F. The highest BCUT2D eigenvalue weighted by Gasteiger charge is 2.16. The Bertz CT molecular complexity index is 67.0. The minimum atomic E-state index is -6.17. The molecule has 0 N–H and O–H groups in total. The summed E-state index contributed by atoms with van der Waals surface area (Å²) in [7, 11) is 3.30. The molecule has 0 aromatic rings. The summed E-state index contributed by atoms with van der Waals surface area (Å²) in [6.07, 6.45) is 0. The molecule has 0 bridgehead atoms. The second-order valence-electron chi connectivity index (χ2n) is 1.34. The van der Waals surface area contributed by atoms with E-state index in [1.165, 1.54) is 0 Å². The Morgan fingerprint density at radius 1 is 0.909 bits per heavy atom. The van der Waals surface area contributed by atoms with E-state index in [1.54, 1.807) is 14.2 Å². The van der Waals surface area contributed by atoms with Gasteiger partial charge in [-0.3, -0.25) is 0 Å². The van der Waals surface area contributed by atoms with Crippen molar-refractivity contribution in [2.75, 3.05) is 27.4 Å². The average molecular weight is 198 g/mol. The first-order chi connectivity index (χ1) is 4.91. The summed E-state index contributed by atoms with van der Waals surface area (Å²) in [4.78, 5) is 0. The highest BCUT2D eigenvalue weighted by atomic mass is 32.4. The molecule has 72 valence electrons. The normalized spacial score (nSPS) is 11.8. The molecule has 7 heteroatoms. The zero-order valence-electron chi connectivity index (χ0n) is 6.15. The Kier molecular flexibility index (Phi) is 9.98. The molecule has 0 unspecified atom stereocenters. The van der Waals surface area contributed by atoms with Gasteiger partial charge < -0.3 is 9.47 Å². The first kappa shape index (κ1) is 13.6. The Labute approximate surface area is 65.0 Å². The zero-order valence-corrected chi connectivity index (χ0v) is 6.97. The molecule has 0 aliphatic rings. The quantitative estimate of drug-likeness (QED) is 0.512. The maximum absolute atomic E-state index is 9.77. The topological polar surface area (TPSA) is 18.5 Å². The Balaban J connectivity index is 0. The van der Waals surface area contributed by atoms with Crippen LogP contribution in [0, 0.1) is 0 Å². The molecule has 2 nitrogen and oxygen atoms in total. The van der Waals surface area contributed by atoms with Crippen LogP contribution < -0.4 is 0 Å². The van der Waals surface area contributed by atoms with Crippen molar-refractivity contribution in [1.82, 2.24) is 0 Å². The summed E-state index contributed by atoms with van der Waals surface area (Å²) in [5.74, 6) is 0. The summed E-state index contributed by atoms with van der Waals surface area (Å²) in [5.41, 5.74) is 0. The summed E-state index contributed by atoms with van der Waals surface area (Å²) in [5, 5.41) is 0. The van der Waals surface area contributed by atoms with E-state index < -0.39 is 11.6 Å². The molecule has 0 saturated carbocycles. The van der Waals surface area contributed by atoms with Gasteiger partial charge in [0.05, 0.1) is 13.2 Å². The number of ether oxygens (including phenoxy) is 2. The molecule has 0 heterocycles. The lowest BCUT2D eigenvalue weighted by atomic mass is 10.8. The average Bonchev–Trinajstić information content (AvgIpc) is 1.79. The number of hydrogen-bond donors (Lipinski definition) is 0. The van der Waals surface area contributed by atoms with Crippen molar-refractivity contribution in [3.63, 3.8) is 0 Å². The van der Waals surface area contributed by atoms with Gasteiger partial charge in [-0.15, -0.1) is 0 Å². The summed E-state index contributed by atoms with van der Waals surface area (Å²) >= 11 is -6.17. The van der Waals surface area contributed by atoms with Crippen LogP contribution in [0.15, 0.2) is 0 Å². The smallest absolute Gasteiger partial charge is 0.379 e. The van der Waals surface area contributed by atoms with Gasteiger partial charge in [-0.05, 0) is 0 Å². The van der Waals surface area contributed by atoms with Crippen molar-refractivity contribution < 1.29 is 25.0 Å². The molecule has 0 radical (unpaired) electrons. The third-order valence-corrected chi connectivity index (χ3v) is 0.492. The van der Waals surface area contributed by atoms with Gasteiger partial charge in [-0.2, -0.15) is 0 Å². The van der Waals surface area contributed by atoms with Crippen LogP contribution in [0.5, 0.6) is 0 Å². The van der Waals surface area contributed by atoms with E-state index in [9.17, 15) is 15.5 Å². The van der Waals surface area contributed by atoms with Gasteiger partial charge in [-0.25, -0.2) is 0 Å². The molecule has 0 rings (SSSR count). The first-order valence-electron chi connectivity index (χ1n) is 2.51. The van der Waals surface area contributed by atoms with Gasteiger partial charge >= 0.3 is 11.6 Å². The van der Waals surface area contributed by atoms with E-state index >= 15 is 0 Å². The van der Waals surface area contributed by atoms with E-state index in [-0.39, 0.29) is 0 Å². The molecule has 0 aliphatic heterocycles. The van der Waals surface area contributed by atoms with Crippen molar-refractivity contribution in [3.05, 3.63) is 0 Å². The summed E-state index contributed by atoms with van der Waals surface area (Å²) in [6.45, 7) is 1.38. The Morgan fingerprint density at radius 2 is 1.09 bits per heavy atom. The highest BCUT2D eigenvalue weighted by Crippen LogP contribution is 2.54. The lowest BCUT2D eigenvalue weighted by Gasteiger charge is -1.91.